The summed E-state index contributed by atoms with van der Waals surface area (Å²) in [6, 6.07) is 4.90. The Balaban J connectivity index is 2.88. The summed E-state index contributed by atoms with van der Waals surface area (Å²) < 4.78 is 13.5. The predicted octanol–water partition coefficient (Wildman–Crippen LogP) is 3.40. The van der Waals surface area contributed by atoms with Crippen LogP contribution >= 0.6 is 22.9 Å². The highest BCUT2D eigenvalue weighted by molar-refractivity contribution is 7.17. The zero-order valence-corrected chi connectivity index (χ0v) is 7.42. The van der Waals surface area contributed by atoms with Gasteiger partial charge in [0.25, 0.3) is 0 Å². The lowest BCUT2D eigenvalue weighted by molar-refractivity contribution is 0.448. The first-order chi connectivity index (χ1) is 5.68. The lowest BCUT2D eigenvalue weighted by Crippen LogP contribution is -1.65. The molecule has 1 heterocycles. The van der Waals surface area contributed by atoms with Gasteiger partial charge in [-0.25, -0.2) is 0 Å². The van der Waals surface area contributed by atoms with Crippen molar-refractivity contribution in [2.75, 3.05) is 0 Å². The third kappa shape index (κ3) is 1.06. The fourth-order valence-electron chi connectivity index (χ4n) is 1.03. The van der Waals surface area contributed by atoms with E-state index >= 15 is 0 Å². The van der Waals surface area contributed by atoms with Crippen LogP contribution < -0.4 is 0 Å². The average molecular weight is 203 g/mol. The molecule has 2 rings (SSSR count). The first kappa shape index (κ1) is 7.83. The smallest absolute Gasteiger partial charge is 0.219 e. The average Bonchev–Trinajstić information content (AvgIpc) is 2.31. The summed E-state index contributed by atoms with van der Waals surface area (Å²) in [6.07, 6.45) is 0. The summed E-state index contributed by atoms with van der Waals surface area (Å²) in [5.74, 6) is -0.308. The van der Waals surface area contributed by atoms with Crippen molar-refractivity contribution in [3.63, 3.8) is 0 Å². The van der Waals surface area contributed by atoms with Gasteiger partial charge in [-0.1, -0.05) is 11.6 Å². The Morgan fingerprint density at radius 2 is 2.17 bits per heavy atom. The molecule has 0 aliphatic heterocycles. The van der Waals surface area contributed by atoms with Crippen molar-refractivity contribution in [1.82, 2.24) is 0 Å². The van der Waals surface area contributed by atoms with E-state index in [2.05, 4.69) is 0 Å². The van der Waals surface area contributed by atoms with E-state index in [0.29, 0.717) is 15.1 Å². The van der Waals surface area contributed by atoms with Gasteiger partial charge >= 0.3 is 0 Å². The summed E-state index contributed by atoms with van der Waals surface area (Å²) in [5, 5.41) is 9.61. The van der Waals surface area contributed by atoms with Gasteiger partial charge in [0, 0.05) is 15.1 Å². The SMILES string of the molecule is Oc1c(F)sc2ccc(Cl)cc12. The molecule has 1 N–H and O–H groups in total. The Kier molecular flexibility index (Phi) is 1.70. The van der Waals surface area contributed by atoms with E-state index in [1.165, 1.54) is 0 Å². The quantitative estimate of drug-likeness (QED) is 0.694. The van der Waals surface area contributed by atoms with Gasteiger partial charge in [-0.3, -0.25) is 0 Å². The second-order valence-corrected chi connectivity index (χ2v) is 3.80. The van der Waals surface area contributed by atoms with Crippen LogP contribution in [0.5, 0.6) is 5.75 Å². The molecule has 0 saturated heterocycles. The van der Waals surface area contributed by atoms with E-state index in [1.54, 1.807) is 18.2 Å². The molecule has 1 aromatic heterocycles. The molecule has 2 aromatic rings. The fourth-order valence-corrected chi connectivity index (χ4v) is 2.00. The molecule has 0 spiro atoms. The normalized spacial score (nSPS) is 10.8. The second kappa shape index (κ2) is 2.61. The van der Waals surface area contributed by atoms with Crippen molar-refractivity contribution in [2.24, 2.45) is 0 Å². The van der Waals surface area contributed by atoms with E-state index in [-0.39, 0.29) is 5.75 Å². The molecule has 0 atom stereocenters. The van der Waals surface area contributed by atoms with E-state index in [9.17, 15) is 9.50 Å². The largest absolute Gasteiger partial charge is 0.504 e. The van der Waals surface area contributed by atoms with Crippen LogP contribution in [0.2, 0.25) is 5.02 Å². The molecule has 1 aromatic carbocycles. The minimum absolute atomic E-state index is 0.308. The van der Waals surface area contributed by atoms with Crippen molar-refractivity contribution in [2.45, 2.75) is 0 Å². The maximum absolute atomic E-state index is 12.8. The number of thiophene rings is 1. The highest BCUT2D eigenvalue weighted by Gasteiger charge is 2.09. The number of hydrogen-bond donors (Lipinski definition) is 1. The minimum atomic E-state index is -0.563. The molecular weight excluding hydrogens is 199 g/mol. The van der Waals surface area contributed by atoms with Crippen LogP contribution in [-0.2, 0) is 0 Å². The van der Waals surface area contributed by atoms with Gasteiger partial charge in [0.2, 0.25) is 5.13 Å². The lowest BCUT2D eigenvalue weighted by atomic mass is 10.2. The van der Waals surface area contributed by atoms with E-state index in [0.717, 1.165) is 11.3 Å². The van der Waals surface area contributed by atoms with Gasteiger partial charge in [0.1, 0.15) is 0 Å². The van der Waals surface area contributed by atoms with Crippen LogP contribution in [0.4, 0.5) is 4.39 Å². The molecule has 0 fully saturated rings. The number of rotatable bonds is 0. The van der Waals surface area contributed by atoms with Crippen LogP contribution in [-0.4, -0.2) is 5.11 Å². The number of hydrogen-bond acceptors (Lipinski definition) is 2. The first-order valence-corrected chi connectivity index (χ1v) is 4.44. The molecule has 12 heavy (non-hydrogen) atoms. The van der Waals surface area contributed by atoms with E-state index < -0.39 is 5.13 Å². The van der Waals surface area contributed by atoms with Crippen LogP contribution in [0.3, 0.4) is 0 Å². The summed E-state index contributed by atoms with van der Waals surface area (Å²) in [4.78, 5) is 0. The van der Waals surface area contributed by atoms with Gasteiger partial charge < -0.3 is 5.11 Å². The van der Waals surface area contributed by atoms with Crippen LogP contribution in [0.1, 0.15) is 0 Å². The van der Waals surface area contributed by atoms with Crippen molar-refractivity contribution >= 4 is 33.0 Å². The molecule has 0 bridgehead atoms. The second-order valence-electron chi connectivity index (χ2n) is 2.36. The van der Waals surface area contributed by atoms with Crippen molar-refractivity contribution < 1.29 is 9.50 Å². The van der Waals surface area contributed by atoms with E-state index in [4.69, 9.17) is 11.6 Å². The lowest BCUT2D eigenvalue weighted by Gasteiger charge is -1.90. The third-order valence-corrected chi connectivity index (χ3v) is 2.77. The summed E-state index contributed by atoms with van der Waals surface area (Å²) in [6.45, 7) is 0. The first-order valence-electron chi connectivity index (χ1n) is 3.25. The summed E-state index contributed by atoms with van der Waals surface area (Å²) in [7, 11) is 0. The van der Waals surface area contributed by atoms with E-state index in [1.807, 2.05) is 0 Å². The summed E-state index contributed by atoms with van der Waals surface area (Å²) >= 11 is 6.58. The topological polar surface area (TPSA) is 20.2 Å². The molecule has 1 nitrogen and oxygen atoms in total. The van der Waals surface area contributed by atoms with Crippen LogP contribution in [0.15, 0.2) is 18.2 Å². The zero-order chi connectivity index (χ0) is 8.72. The van der Waals surface area contributed by atoms with Crippen molar-refractivity contribution in [3.05, 3.63) is 28.4 Å². The Hall–Kier alpha value is -0.800. The highest BCUT2D eigenvalue weighted by Crippen LogP contribution is 2.36. The molecule has 0 radical (unpaired) electrons. The maximum atomic E-state index is 12.8. The van der Waals surface area contributed by atoms with Gasteiger partial charge in [-0.15, -0.1) is 11.3 Å². The molecule has 0 amide bonds. The van der Waals surface area contributed by atoms with Gasteiger partial charge in [-0.05, 0) is 18.2 Å². The molecule has 0 aliphatic rings. The number of benzene rings is 1. The van der Waals surface area contributed by atoms with Crippen LogP contribution in [0, 0.1) is 5.13 Å². The number of halogens is 2. The zero-order valence-electron chi connectivity index (χ0n) is 5.84. The molecular formula is C8H4ClFOS. The highest BCUT2D eigenvalue weighted by atomic mass is 35.5. The van der Waals surface area contributed by atoms with Crippen molar-refractivity contribution in [3.8, 4) is 5.75 Å². The van der Waals surface area contributed by atoms with Gasteiger partial charge in [0.15, 0.2) is 5.75 Å². The van der Waals surface area contributed by atoms with Crippen molar-refractivity contribution in [1.29, 1.82) is 0 Å². The summed E-state index contributed by atoms with van der Waals surface area (Å²) in [5.41, 5.74) is 0. The molecule has 0 aliphatic carbocycles. The Morgan fingerprint density at radius 3 is 2.92 bits per heavy atom. The molecule has 0 unspecified atom stereocenters. The predicted molar refractivity (Wildman–Crippen MR) is 48.5 cm³/mol. The molecule has 4 heteroatoms. The Bertz CT molecular complexity index is 438. The molecule has 62 valence electrons. The Labute approximate surface area is 77.0 Å². The van der Waals surface area contributed by atoms with Gasteiger partial charge in [-0.2, -0.15) is 4.39 Å². The van der Waals surface area contributed by atoms with Crippen LogP contribution in [0.25, 0.3) is 10.1 Å². The third-order valence-electron chi connectivity index (χ3n) is 1.58. The monoisotopic (exact) mass is 202 g/mol. The number of fused-ring (bicyclic) bond motifs is 1. The Morgan fingerprint density at radius 1 is 1.42 bits per heavy atom. The maximum Gasteiger partial charge on any atom is 0.219 e. The fraction of sp³-hybridized carbons (Fsp3) is 0. The minimum Gasteiger partial charge on any atom is -0.504 e. The van der Waals surface area contributed by atoms with Gasteiger partial charge in [0.05, 0.1) is 0 Å². The number of aromatic hydroxyl groups is 1. The standard InChI is InChI=1S/C8H4ClFOS/c9-4-1-2-6-5(3-4)7(11)8(10)12-6/h1-3,11H. The molecule has 0 saturated carbocycles.